The van der Waals surface area contributed by atoms with Gasteiger partial charge in [0.15, 0.2) is 0 Å². The molecule has 1 atom stereocenters. The van der Waals surface area contributed by atoms with Crippen LogP contribution in [0.15, 0.2) is 0 Å². The fourth-order valence-electron chi connectivity index (χ4n) is 0.462. The van der Waals surface area contributed by atoms with Gasteiger partial charge in [-0.2, -0.15) is 11.8 Å². The molecule has 0 saturated heterocycles. The first kappa shape index (κ1) is 9.31. The largest absolute Gasteiger partial charge is 0.381 e. The van der Waals surface area contributed by atoms with E-state index in [2.05, 4.69) is 13.8 Å². The zero-order chi connectivity index (χ0) is 7.11. The predicted molar refractivity (Wildman–Crippen MR) is 44.1 cm³/mol. The summed E-state index contributed by atoms with van der Waals surface area (Å²) < 4.78 is 5.08. The van der Waals surface area contributed by atoms with Crippen molar-refractivity contribution in [3.8, 4) is 0 Å². The van der Waals surface area contributed by atoms with Crippen LogP contribution in [0.3, 0.4) is 0 Å². The van der Waals surface area contributed by atoms with E-state index >= 15 is 0 Å². The van der Waals surface area contributed by atoms with E-state index in [1.165, 1.54) is 12.2 Å². The van der Waals surface area contributed by atoms with Crippen LogP contribution in [0.5, 0.6) is 0 Å². The molecule has 0 spiro atoms. The minimum atomic E-state index is 0.418. The van der Waals surface area contributed by atoms with E-state index in [1.807, 2.05) is 11.8 Å². The molecule has 0 bridgehead atoms. The Kier molecular flexibility index (Phi) is 6.65. The first-order valence-electron chi connectivity index (χ1n) is 3.41. The van der Waals surface area contributed by atoms with Gasteiger partial charge in [-0.15, -0.1) is 0 Å². The number of methoxy groups -OCH3 is 1. The van der Waals surface area contributed by atoms with Gasteiger partial charge in [0, 0.05) is 12.9 Å². The molecular weight excluding hydrogens is 132 g/mol. The van der Waals surface area contributed by atoms with Crippen LogP contribution >= 0.6 is 11.8 Å². The van der Waals surface area contributed by atoms with Crippen LogP contribution in [0.25, 0.3) is 0 Å². The summed E-state index contributed by atoms with van der Waals surface area (Å²) >= 11 is 1.96. The van der Waals surface area contributed by atoms with Gasteiger partial charge in [0.05, 0.1) is 6.10 Å². The lowest BCUT2D eigenvalue weighted by Gasteiger charge is -2.06. The number of hydrogen-bond acceptors (Lipinski definition) is 2. The molecule has 0 amide bonds. The molecule has 0 aromatic carbocycles. The Hall–Kier alpha value is 0.310. The zero-order valence-electron chi connectivity index (χ0n) is 6.52. The number of hydrogen-bond donors (Lipinski definition) is 0. The SMILES string of the molecule is CCCSCC(C)OC. The second-order valence-corrected chi connectivity index (χ2v) is 3.27. The highest BCUT2D eigenvalue weighted by atomic mass is 32.2. The monoisotopic (exact) mass is 148 g/mol. The Morgan fingerprint density at radius 2 is 2.22 bits per heavy atom. The normalized spacial score (nSPS) is 13.7. The van der Waals surface area contributed by atoms with Crippen molar-refractivity contribution in [2.24, 2.45) is 0 Å². The van der Waals surface area contributed by atoms with Crippen LogP contribution in [0, 0.1) is 0 Å². The highest BCUT2D eigenvalue weighted by molar-refractivity contribution is 7.99. The predicted octanol–water partition coefficient (Wildman–Crippen LogP) is 2.16. The van der Waals surface area contributed by atoms with Crippen molar-refractivity contribution < 1.29 is 4.74 Å². The molecule has 56 valence electrons. The van der Waals surface area contributed by atoms with Gasteiger partial charge in [0.1, 0.15) is 0 Å². The van der Waals surface area contributed by atoms with Crippen molar-refractivity contribution >= 4 is 11.8 Å². The second-order valence-electron chi connectivity index (χ2n) is 2.12. The quantitative estimate of drug-likeness (QED) is 0.553. The zero-order valence-corrected chi connectivity index (χ0v) is 7.33. The van der Waals surface area contributed by atoms with Crippen LogP contribution in [-0.2, 0) is 4.74 Å². The Balaban J connectivity index is 2.88. The fourth-order valence-corrected chi connectivity index (χ4v) is 1.39. The summed E-state index contributed by atoms with van der Waals surface area (Å²) in [5.74, 6) is 2.39. The highest BCUT2D eigenvalue weighted by Gasteiger charge is 1.96. The molecule has 0 aromatic rings. The molecule has 0 N–H and O–H groups in total. The average molecular weight is 148 g/mol. The third-order valence-electron chi connectivity index (χ3n) is 1.10. The summed E-state index contributed by atoms with van der Waals surface area (Å²) in [7, 11) is 1.76. The molecule has 0 fully saturated rings. The molecule has 0 aliphatic heterocycles. The first-order chi connectivity index (χ1) is 4.31. The van der Waals surface area contributed by atoms with Crippen molar-refractivity contribution in [3.63, 3.8) is 0 Å². The Morgan fingerprint density at radius 3 is 2.67 bits per heavy atom. The van der Waals surface area contributed by atoms with Gasteiger partial charge in [-0.05, 0) is 19.1 Å². The van der Waals surface area contributed by atoms with Gasteiger partial charge in [-0.1, -0.05) is 6.92 Å². The fraction of sp³-hybridized carbons (Fsp3) is 1.00. The van der Waals surface area contributed by atoms with Crippen LogP contribution in [-0.4, -0.2) is 24.7 Å². The van der Waals surface area contributed by atoms with E-state index < -0.39 is 0 Å². The molecule has 2 heteroatoms. The van der Waals surface area contributed by atoms with Crippen molar-refractivity contribution in [2.45, 2.75) is 26.4 Å². The summed E-state index contributed by atoms with van der Waals surface area (Å²) in [4.78, 5) is 0. The Bertz CT molecular complexity index is 56.9. The van der Waals surface area contributed by atoms with E-state index in [9.17, 15) is 0 Å². The minimum absolute atomic E-state index is 0.418. The van der Waals surface area contributed by atoms with Crippen molar-refractivity contribution in [3.05, 3.63) is 0 Å². The average Bonchev–Trinajstić information content (AvgIpc) is 1.89. The lowest BCUT2D eigenvalue weighted by molar-refractivity contribution is 0.138. The van der Waals surface area contributed by atoms with Gasteiger partial charge in [0.25, 0.3) is 0 Å². The van der Waals surface area contributed by atoms with Crippen molar-refractivity contribution in [1.29, 1.82) is 0 Å². The maximum absolute atomic E-state index is 5.08. The number of rotatable bonds is 5. The Labute approximate surface area is 62.2 Å². The number of thioether (sulfide) groups is 1. The van der Waals surface area contributed by atoms with Crippen LogP contribution in [0.4, 0.5) is 0 Å². The molecule has 0 saturated carbocycles. The van der Waals surface area contributed by atoms with E-state index in [0.29, 0.717) is 6.10 Å². The molecule has 9 heavy (non-hydrogen) atoms. The van der Waals surface area contributed by atoms with Crippen molar-refractivity contribution in [2.75, 3.05) is 18.6 Å². The van der Waals surface area contributed by atoms with Gasteiger partial charge >= 0.3 is 0 Å². The molecular formula is C7H16OS. The summed E-state index contributed by atoms with van der Waals surface area (Å²) in [5.41, 5.74) is 0. The van der Waals surface area contributed by atoms with E-state index in [4.69, 9.17) is 4.74 Å². The summed E-state index contributed by atoms with van der Waals surface area (Å²) in [5, 5.41) is 0. The number of ether oxygens (including phenoxy) is 1. The molecule has 0 aromatic heterocycles. The van der Waals surface area contributed by atoms with Crippen LogP contribution < -0.4 is 0 Å². The third-order valence-corrected chi connectivity index (χ3v) is 2.51. The molecule has 0 rings (SSSR count). The smallest absolute Gasteiger partial charge is 0.0633 e. The van der Waals surface area contributed by atoms with Gasteiger partial charge in [-0.25, -0.2) is 0 Å². The summed E-state index contributed by atoms with van der Waals surface area (Å²) in [6.45, 7) is 4.30. The van der Waals surface area contributed by atoms with E-state index in [-0.39, 0.29) is 0 Å². The second kappa shape index (κ2) is 6.43. The standard InChI is InChI=1S/C7H16OS/c1-4-5-9-6-7(2)8-3/h7H,4-6H2,1-3H3. The molecule has 1 unspecified atom stereocenters. The molecule has 0 radical (unpaired) electrons. The summed E-state index contributed by atoms with van der Waals surface area (Å²) in [6.07, 6.45) is 1.68. The van der Waals surface area contributed by atoms with E-state index in [0.717, 1.165) is 5.75 Å². The van der Waals surface area contributed by atoms with Gasteiger partial charge in [-0.3, -0.25) is 0 Å². The van der Waals surface area contributed by atoms with Crippen LogP contribution in [0.2, 0.25) is 0 Å². The summed E-state index contributed by atoms with van der Waals surface area (Å²) in [6, 6.07) is 0. The maximum Gasteiger partial charge on any atom is 0.0633 e. The maximum atomic E-state index is 5.08. The highest BCUT2D eigenvalue weighted by Crippen LogP contribution is 2.05. The van der Waals surface area contributed by atoms with E-state index in [1.54, 1.807) is 7.11 Å². The molecule has 0 aliphatic carbocycles. The van der Waals surface area contributed by atoms with Crippen molar-refractivity contribution in [1.82, 2.24) is 0 Å². The molecule has 0 heterocycles. The third kappa shape index (κ3) is 6.19. The van der Waals surface area contributed by atoms with Crippen LogP contribution in [0.1, 0.15) is 20.3 Å². The lowest BCUT2D eigenvalue weighted by Crippen LogP contribution is -2.07. The lowest BCUT2D eigenvalue weighted by atomic mass is 10.5. The molecule has 1 nitrogen and oxygen atoms in total. The first-order valence-corrected chi connectivity index (χ1v) is 4.57. The Morgan fingerprint density at radius 1 is 1.56 bits per heavy atom. The minimum Gasteiger partial charge on any atom is -0.381 e. The van der Waals surface area contributed by atoms with Gasteiger partial charge < -0.3 is 4.74 Å². The topological polar surface area (TPSA) is 9.23 Å². The van der Waals surface area contributed by atoms with Gasteiger partial charge in [0.2, 0.25) is 0 Å². The molecule has 0 aliphatic rings.